The zero-order valence-electron chi connectivity index (χ0n) is 11.4. The summed E-state index contributed by atoms with van der Waals surface area (Å²) in [5.41, 5.74) is 2.21. The van der Waals surface area contributed by atoms with Crippen molar-refractivity contribution in [2.24, 2.45) is 0 Å². The predicted octanol–water partition coefficient (Wildman–Crippen LogP) is 2.92. The molecule has 1 fully saturated rings. The Hall–Kier alpha value is -0.870. The first-order valence-corrected chi connectivity index (χ1v) is 8.15. The van der Waals surface area contributed by atoms with E-state index in [-0.39, 0.29) is 18.1 Å². The molecule has 0 radical (unpaired) electrons. The largest absolute Gasteiger partial charge is 0.376 e. The van der Waals surface area contributed by atoms with Gasteiger partial charge in [0.25, 0.3) is 5.91 Å². The third-order valence-corrected chi connectivity index (χ3v) is 5.28. The number of aryl methyl sites for hydroxylation is 1. The molecule has 2 heterocycles. The van der Waals surface area contributed by atoms with Gasteiger partial charge in [-0.15, -0.1) is 11.3 Å². The minimum atomic E-state index is 0.0856. The molecule has 1 amide bonds. The van der Waals surface area contributed by atoms with Gasteiger partial charge in [-0.1, -0.05) is 0 Å². The Kier molecular flexibility index (Phi) is 3.89. The minimum Gasteiger partial charge on any atom is -0.376 e. The van der Waals surface area contributed by atoms with Crippen LogP contribution in [0.25, 0.3) is 0 Å². The number of fused-ring (bicyclic) bond motifs is 1. The van der Waals surface area contributed by atoms with Gasteiger partial charge in [-0.3, -0.25) is 4.79 Å². The third-order valence-electron chi connectivity index (χ3n) is 4.19. The Morgan fingerprint density at radius 2 is 2.26 bits per heavy atom. The fourth-order valence-corrected chi connectivity index (χ4v) is 4.18. The number of hydrogen-bond acceptors (Lipinski definition) is 3. The molecule has 0 bridgehead atoms. The maximum Gasteiger partial charge on any atom is 0.252 e. The van der Waals surface area contributed by atoms with Crippen LogP contribution in [0.5, 0.6) is 0 Å². The van der Waals surface area contributed by atoms with E-state index in [0.717, 1.165) is 37.9 Å². The molecule has 1 aromatic rings. The highest BCUT2D eigenvalue weighted by Crippen LogP contribution is 2.30. The van der Waals surface area contributed by atoms with Crippen LogP contribution in [-0.4, -0.2) is 24.7 Å². The van der Waals surface area contributed by atoms with Crippen LogP contribution in [0.15, 0.2) is 5.38 Å². The lowest BCUT2D eigenvalue weighted by molar-refractivity contribution is 0.0712. The van der Waals surface area contributed by atoms with Crippen LogP contribution < -0.4 is 5.32 Å². The number of thiophene rings is 1. The SMILES string of the molecule is CC(NC(=O)c1csc2c1CCCC2)C1CCCO1. The normalized spacial score (nSPS) is 23.9. The van der Waals surface area contributed by atoms with E-state index in [1.165, 1.54) is 23.3 Å². The first-order valence-electron chi connectivity index (χ1n) is 7.27. The van der Waals surface area contributed by atoms with Crippen molar-refractivity contribution >= 4 is 17.2 Å². The van der Waals surface area contributed by atoms with Crippen molar-refractivity contribution < 1.29 is 9.53 Å². The second kappa shape index (κ2) is 5.63. The molecule has 1 saturated heterocycles. The van der Waals surface area contributed by atoms with Crippen LogP contribution in [0.2, 0.25) is 0 Å². The molecule has 3 nitrogen and oxygen atoms in total. The van der Waals surface area contributed by atoms with E-state index in [9.17, 15) is 4.79 Å². The van der Waals surface area contributed by atoms with Crippen molar-refractivity contribution in [3.05, 3.63) is 21.4 Å². The summed E-state index contributed by atoms with van der Waals surface area (Å²) in [6.07, 6.45) is 7.05. The van der Waals surface area contributed by atoms with E-state index in [4.69, 9.17) is 4.74 Å². The fourth-order valence-electron chi connectivity index (χ4n) is 3.06. The molecule has 2 unspecified atom stereocenters. The maximum absolute atomic E-state index is 12.4. The number of carbonyl (C=O) groups is 1. The molecule has 2 aliphatic rings. The van der Waals surface area contributed by atoms with Gasteiger partial charge in [-0.25, -0.2) is 0 Å². The zero-order chi connectivity index (χ0) is 13.2. The van der Waals surface area contributed by atoms with Crippen LogP contribution in [0.1, 0.15) is 53.4 Å². The molecule has 1 N–H and O–H groups in total. The highest BCUT2D eigenvalue weighted by atomic mass is 32.1. The van der Waals surface area contributed by atoms with E-state index in [1.807, 2.05) is 12.3 Å². The summed E-state index contributed by atoms with van der Waals surface area (Å²) in [6.45, 7) is 2.88. The van der Waals surface area contributed by atoms with Crippen molar-refractivity contribution in [3.8, 4) is 0 Å². The Bertz CT molecular complexity index is 463. The van der Waals surface area contributed by atoms with Crippen molar-refractivity contribution in [3.63, 3.8) is 0 Å². The summed E-state index contributed by atoms with van der Waals surface area (Å²) in [6, 6.07) is 0.106. The van der Waals surface area contributed by atoms with Crippen molar-refractivity contribution in [1.82, 2.24) is 5.32 Å². The summed E-state index contributed by atoms with van der Waals surface area (Å²) < 4.78 is 5.63. The second-order valence-electron chi connectivity index (χ2n) is 5.57. The van der Waals surface area contributed by atoms with E-state index in [1.54, 1.807) is 11.3 Å². The highest BCUT2D eigenvalue weighted by Gasteiger charge is 2.26. The summed E-state index contributed by atoms with van der Waals surface area (Å²) in [7, 11) is 0. The Labute approximate surface area is 118 Å². The average Bonchev–Trinajstić information content (AvgIpc) is 3.08. The number of carbonyl (C=O) groups excluding carboxylic acids is 1. The summed E-state index contributed by atoms with van der Waals surface area (Å²) in [5.74, 6) is 0.0856. The van der Waals surface area contributed by atoms with Crippen LogP contribution >= 0.6 is 11.3 Å². The Balaban J connectivity index is 1.68. The van der Waals surface area contributed by atoms with Gasteiger partial charge < -0.3 is 10.1 Å². The molecule has 0 spiro atoms. The monoisotopic (exact) mass is 279 g/mol. The van der Waals surface area contributed by atoms with Crippen molar-refractivity contribution in [2.75, 3.05) is 6.61 Å². The van der Waals surface area contributed by atoms with Crippen LogP contribution in [0.4, 0.5) is 0 Å². The Morgan fingerprint density at radius 3 is 3.05 bits per heavy atom. The molecule has 19 heavy (non-hydrogen) atoms. The highest BCUT2D eigenvalue weighted by molar-refractivity contribution is 7.10. The molecule has 0 saturated carbocycles. The van der Waals surface area contributed by atoms with Gasteiger partial charge in [0.15, 0.2) is 0 Å². The van der Waals surface area contributed by atoms with Crippen LogP contribution in [-0.2, 0) is 17.6 Å². The quantitative estimate of drug-likeness (QED) is 0.924. The van der Waals surface area contributed by atoms with Gasteiger partial charge in [0.1, 0.15) is 0 Å². The third kappa shape index (κ3) is 2.70. The lowest BCUT2D eigenvalue weighted by Gasteiger charge is -2.20. The number of hydrogen-bond donors (Lipinski definition) is 1. The lowest BCUT2D eigenvalue weighted by atomic mass is 9.95. The molecule has 0 aromatic carbocycles. The molecule has 4 heteroatoms. The fraction of sp³-hybridized carbons (Fsp3) is 0.667. The average molecular weight is 279 g/mol. The van der Waals surface area contributed by atoms with E-state index in [2.05, 4.69) is 5.32 Å². The van der Waals surface area contributed by atoms with Gasteiger partial charge in [-0.05, 0) is 51.0 Å². The van der Waals surface area contributed by atoms with Crippen LogP contribution in [0.3, 0.4) is 0 Å². The van der Waals surface area contributed by atoms with E-state index in [0.29, 0.717) is 0 Å². The van der Waals surface area contributed by atoms with Gasteiger partial charge in [-0.2, -0.15) is 0 Å². The van der Waals surface area contributed by atoms with E-state index >= 15 is 0 Å². The molecule has 1 aliphatic heterocycles. The molecular formula is C15H21NO2S. The second-order valence-corrected chi connectivity index (χ2v) is 6.54. The van der Waals surface area contributed by atoms with Gasteiger partial charge in [0, 0.05) is 16.9 Å². The minimum absolute atomic E-state index is 0.0856. The molecule has 104 valence electrons. The molecular weight excluding hydrogens is 258 g/mol. The smallest absolute Gasteiger partial charge is 0.252 e. The number of ether oxygens (including phenoxy) is 1. The summed E-state index contributed by atoms with van der Waals surface area (Å²) in [4.78, 5) is 13.8. The van der Waals surface area contributed by atoms with E-state index < -0.39 is 0 Å². The van der Waals surface area contributed by atoms with Crippen LogP contribution in [0, 0.1) is 0 Å². The first kappa shape index (κ1) is 13.1. The number of amides is 1. The standard InChI is InChI=1S/C15H21NO2S/c1-10(13-6-4-8-18-13)16-15(17)12-9-19-14-7-3-2-5-11(12)14/h9-10,13H,2-8H2,1H3,(H,16,17). The first-order chi connectivity index (χ1) is 9.25. The number of rotatable bonds is 3. The molecule has 1 aromatic heterocycles. The predicted molar refractivity (Wildman–Crippen MR) is 76.9 cm³/mol. The van der Waals surface area contributed by atoms with Crippen molar-refractivity contribution in [1.29, 1.82) is 0 Å². The van der Waals surface area contributed by atoms with Crippen molar-refractivity contribution in [2.45, 2.75) is 57.6 Å². The maximum atomic E-state index is 12.4. The molecule has 3 rings (SSSR count). The number of nitrogens with one attached hydrogen (secondary N) is 1. The molecule has 1 aliphatic carbocycles. The topological polar surface area (TPSA) is 38.3 Å². The van der Waals surface area contributed by atoms with Gasteiger partial charge >= 0.3 is 0 Å². The van der Waals surface area contributed by atoms with Gasteiger partial charge in [0.2, 0.25) is 0 Å². The summed E-state index contributed by atoms with van der Waals surface area (Å²) >= 11 is 1.75. The zero-order valence-corrected chi connectivity index (χ0v) is 12.2. The van der Waals surface area contributed by atoms with Gasteiger partial charge in [0.05, 0.1) is 17.7 Å². The molecule has 2 atom stereocenters. The lowest BCUT2D eigenvalue weighted by Crippen LogP contribution is -2.41. The summed E-state index contributed by atoms with van der Waals surface area (Å²) in [5, 5.41) is 5.15. The Morgan fingerprint density at radius 1 is 1.42 bits per heavy atom.